The molecule has 160 valence electrons. The van der Waals surface area contributed by atoms with Gasteiger partial charge in [0.05, 0.1) is 24.8 Å². The molecule has 6 heteroatoms. The van der Waals surface area contributed by atoms with Crippen molar-refractivity contribution in [3.8, 4) is 28.3 Å². The minimum absolute atomic E-state index is 0.656. The predicted molar refractivity (Wildman–Crippen MR) is 128 cm³/mol. The Kier molecular flexibility index (Phi) is 5.91. The second-order valence-corrected chi connectivity index (χ2v) is 8.44. The summed E-state index contributed by atoms with van der Waals surface area (Å²) in [4.78, 5) is 6.94. The van der Waals surface area contributed by atoms with E-state index in [1.54, 1.807) is 0 Å². The molecule has 2 aromatic carbocycles. The van der Waals surface area contributed by atoms with Crippen LogP contribution in [0.15, 0.2) is 67.1 Å². The Morgan fingerprint density at radius 3 is 2.62 bits per heavy atom. The van der Waals surface area contributed by atoms with Crippen molar-refractivity contribution in [1.82, 2.24) is 14.5 Å². The van der Waals surface area contributed by atoms with Gasteiger partial charge in [-0.1, -0.05) is 23.7 Å². The first-order valence-electron chi connectivity index (χ1n) is 10.8. The molecule has 32 heavy (non-hydrogen) atoms. The van der Waals surface area contributed by atoms with Crippen molar-refractivity contribution in [1.29, 1.82) is 5.26 Å². The van der Waals surface area contributed by atoms with Gasteiger partial charge in [-0.15, -0.1) is 0 Å². The van der Waals surface area contributed by atoms with Crippen LogP contribution in [0.5, 0.6) is 0 Å². The first-order chi connectivity index (χ1) is 15.7. The van der Waals surface area contributed by atoms with Crippen LogP contribution in [-0.2, 0) is 11.3 Å². The fraction of sp³-hybridized carbons (Fsp3) is 0.231. The Balaban J connectivity index is 1.54. The van der Waals surface area contributed by atoms with Crippen LogP contribution in [0.1, 0.15) is 5.56 Å². The second-order valence-electron chi connectivity index (χ2n) is 8.01. The van der Waals surface area contributed by atoms with Crippen LogP contribution in [0.4, 0.5) is 0 Å². The van der Waals surface area contributed by atoms with Gasteiger partial charge in [-0.05, 0) is 42.0 Å². The lowest BCUT2D eigenvalue weighted by Gasteiger charge is -2.26. The summed E-state index contributed by atoms with van der Waals surface area (Å²) in [7, 11) is 0. The van der Waals surface area contributed by atoms with E-state index in [1.165, 1.54) is 0 Å². The van der Waals surface area contributed by atoms with Gasteiger partial charge in [0.15, 0.2) is 0 Å². The van der Waals surface area contributed by atoms with Crippen LogP contribution in [0.25, 0.3) is 33.2 Å². The van der Waals surface area contributed by atoms with E-state index in [0.717, 1.165) is 72.5 Å². The molecule has 0 bridgehead atoms. The summed E-state index contributed by atoms with van der Waals surface area (Å²) < 4.78 is 7.76. The number of hydrogen-bond donors (Lipinski definition) is 0. The molecule has 2 aromatic heterocycles. The summed E-state index contributed by atoms with van der Waals surface area (Å²) in [5.41, 5.74) is 5.92. The van der Waals surface area contributed by atoms with Gasteiger partial charge in [0.1, 0.15) is 0 Å². The summed E-state index contributed by atoms with van der Waals surface area (Å²) in [5.74, 6) is 0. The Hall–Kier alpha value is -3.17. The van der Waals surface area contributed by atoms with E-state index in [4.69, 9.17) is 16.3 Å². The molecule has 0 saturated carbocycles. The molecule has 0 atom stereocenters. The molecule has 1 aliphatic heterocycles. The number of aromatic nitrogens is 2. The zero-order valence-corrected chi connectivity index (χ0v) is 18.4. The number of hydrogen-bond acceptors (Lipinski definition) is 4. The fourth-order valence-electron chi connectivity index (χ4n) is 4.27. The highest BCUT2D eigenvalue weighted by Gasteiger charge is 2.15. The molecule has 5 nitrogen and oxygen atoms in total. The first-order valence-corrected chi connectivity index (χ1v) is 11.1. The maximum atomic E-state index is 9.46. The Bertz CT molecular complexity index is 1300. The highest BCUT2D eigenvalue weighted by molar-refractivity contribution is 6.30. The minimum Gasteiger partial charge on any atom is -0.379 e. The van der Waals surface area contributed by atoms with Crippen LogP contribution in [-0.4, -0.2) is 47.3 Å². The fourth-order valence-corrected chi connectivity index (χ4v) is 4.46. The topological polar surface area (TPSA) is 54.1 Å². The molecule has 1 saturated heterocycles. The summed E-state index contributed by atoms with van der Waals surface area (Å²) >= 11 is 6.20. The van der Waals surface area contributed by atoms with Gasteiger partial charge in [-0.2, -0.15) is 5.26 Å². The number of benzene rings is 2. The molecule has 0 spiro atoms. The summed E-state index contributed by atoms with van der Waals surface area (Å²) in [6.45, 7) is 5.38. The number of rotatable bonds is 5. The molecule has 0 aliphatic carbocycles. The molecule has 1 fully saturated rings. The van der Waals surface area contributed by atoms with E-state index < -0.39 is 0 Å². The Labute approximate surface area is 192 Å². The molecule has 0 unspecified atom stereocenters. The SMILES string of the molecule is N#Cc1ccc2c(c1)c(-c1cncc(-c3cccc(Cl)c3)c1)cn2CCN1CCOCC1. The zero-order chi connectivity index (χ0) is 21.9. The third-order valence-corrected chi connectivity index (χ3v) is 6.21. The van der Waals surface area contributed by atoms with Gasteiger partial charge in [-0.3, -0.25) is 9.88 Å². The minimum atomic E-state index is 0.656. The van der Waals surface area contributed by atoms with Crippen molar-refractivity contribution < 1.29 is 4.74 Å². The van der Waals surface area contributed by atoms with Crippen molar-refractivity contribution in [3.63, 3.8) is 0 Å². The monoisotopic (exact) mass is 442 g/mol. The Morgan fingerprint density at radius 1 is 0.969 bits per heavy atom. The second kappa shape index (κ2) is 9.13. The largest absolute Gasteiger partial charge is 0.379 e. The number of nitrogens with zero attached hydrogens (tertiary/aromatic N) is 4. The van der Waals surface area contributed by atoms with Crippen molar-refractivity contribution >= 4 is 22.5 Å². The summed E-state index contributed by atoms with van der Waals surface area (Å²) in [5, 5.41) is 11.2. The normalized spacial score (nSPS) is 14.5. The molecule has 5 rings (SSSR count). The molecule has 4 aromatic rings. The van der Waals surface area contributed by atoms with Crippen LogP contribution in [0.2, 0.25) is 5.02 Å². The van der Waals surface area contributed by atoms with Gasteiger partial charge < -0.3 is 9.30 Å². The van der Waals surface area contributed by atoms with E-state index in [9.17, 15) is 5.26 Å². The number of nitriles is 1. The van der Waals surface area contributed by atoms with E-state index in [-0.39, 0.29) is 0 Å². The van der Waals surface area contributed by atoms with Crippen LogP contribution < -0.4 is 0 Å². The number of fused-ring (bicyclic) bond motifs is 1. The van der Waals surface area contributed by atoms with Crippen molar-refractivity contribution in [2.24, 2.45) is 0 Å². The summed E-state index contributed by atoms with van der Waals surface area (Å²) in [6.07, 6.45) is 5.92. The lowest BCUT2D eigenvalue weighted by Crippen LogP contribution is -2.38. The molecule has 0 amide bonds. The van der Waals surface area contributed by atoms with E-state index in [2.05, 4.69) is 32.8 Å². The smallest absolute Gasteiger partial charge is 0.0991 e. The van der Waals surface area contributed by atoms with Crippen molar-refractivity contribution in [3.05, 3.63) is 77.7 Å². The molecular formula is C26H23ClN4O. The van der Waals surface area contributed by atoms with Crippen LogP contribution in [0, 0.1) is 11.3 Å². The number of halogens is 1. The quantitative estimate of drug-likeness (QED) is 0.424. The average Bonchev–Trinajstić information content (AvgIpc) is 3.21. The highest BCUT2D eigenvalue weighted by atomic mass is 35.5. The van der Waals surface area contributed by atoms with E-state index >= 15 is 0 Å². The molecule has 3 heterocycles. The number of morpholine rings is 1. The van der Waals surface area contributed by atoms with E-state index in [1.807, 2.05) is 54.9 Å². The zero-order valence-electron chi connectivity index (χ0n) is 17.7. The molecule has 0 N–H and O–H groups in total. The van der Waals surface area contributed by atoms with Gasteiger partial charge in [0.25, 0.3) is 0 Å². The van der Waals surface area contributed by atoms with Crippen LogP contribution >= 0.6 is 11.6 Å². The van der Waals surface area contributed by atoms with Crippen molar-refractivity contribution in [2.45, 2.75) is 6.54 Å². The predicted octanol–water partition coefficient (Wildman–Crippen LogP) is 5.23. The number of pyridine rings is 1. The van der Waals surface area contributed by atoms with Gasteiger partial charge in [-0.25, -0.2) is 0 Å². The Morgan fingerprint density at radius 2 is 1.81 bits per heavy atom. The average molecular weight is 443 g/mol. The number of ether oxygens (including phenoxy) is 1. The maximum absolute atomic E-state index is 9.46. The lowest BCUT2D eigenvalue weighted by atomic mass is 10.0. The highest BCUT2D eigenvalue weighted by Crippen LogP contribution is 2.33. The van der Waals surface area contributed by atoms with Gasteiger partial charge in [0, 0.05) is 77.4 Å². The van der Waals surface area contributed by atoms with E-state index in [0.29, 0.717) is 10.6 Å². The van der Waals surface area contributed by atoms with Gasteiger partial charge >= 0.3 is 0 Å². The molecule has 0 radical (unpaired) electrons. The third kappa shape index (κ3) is 4.26. The van der Waals surface area contributed by atoms with Crippen molar-refractivity contribution in [2.75, 3.05) is 32.8 Å². The first kappa shape index (κ1) is 20.7. The van der Waals surface area contributed by atoms with Gasteiger partial charge in [0.2, 0.25) is 0 Å². The standard InChI is InChI=1S/C26H23ClN4O/c27-23-3-1-2-20(14-23)21-13-22(17-29-16-21)25-18-31(7-6-30-8-10-32-11-9-30)26-5-4-19(15-28)12-24(25)26/h1-5,12-14,16-18H,6-11H2. The molecule has 1 aliphatic rings. The summed E-state index contributed by atoms with van der Waals surface area (Å²) in [6, 6.07) is 18.1. The maximum Gasteiger partial charge on any atom is 0.0991 e. The van der Waals surface area contributed by atoms with Crippen LogP contribution in [0.3, 0.4) is 0 Å². The molecular weight excluding hydrogens is 420 g/mol. The lowest BCUT2D eigenvalue weighted by molar-refractivity contribution is 0.0365. The third-order valence-electron chi connectivity index (χ3n) is 5.98.